The first-order chi connectivity index (χ1) is 15.6. The van der Waals surface area contributed by atoms with Gasteiger partial charge in [0.15, 0.2) is 10.9 Å². The molecule has 0 radical (unpaired) electrons. The molecule has 0 aliphatic heterocycles. The van der Waals surface area contributed by atoms with Gasteiger partial charge in [-0.25, -0.2) is 9.97 Å². The van der Waals surface area contributed by atoms with E-state index in [1.54, 1.807) is 23.4 Å². The molecule has 2 aromatic heterocycles. The van der Waals surface area contributed by atoms with Crippen molar-refractivity contribution in [1.82, 2.24) is 14.9 Å². The molecule has 0 aliphatic rings. The first kappa shape index (κ1) is 21.6. The Hall–Kier alpha value is -3.65. The molecule has 4 aromatic rings. The highest BCUT2D eigenvalue weighted by Gasteiger charge is 2.26. The maximum absolute atomic E-state index is 13.6. The first-order valence-electron chi connectivity index (χ1n) is 10.1. The third kappa shape index (κ3) is 5.15. The van der Waals surface area contributed by atoms with E-state index in [0.717, 1.165) is 16.5 Å². The molecule has 162 valence electrons. The number of benzene rings is 2. The summed E-state index contributed by atoms with van der Waals surface area (Å²) in [6, 6.07) is 18.9. The van der Waals surface area contributed by atoms with Crippen LogP contribution >= 0.6 is 11.8 Å². The largest absolute Gasteiger partial charge is 0.451 e. The summed E-state index contributed by atoms with van der Waals surface area (Å²) in [5, 5.41) is 1.49. The van der Waals surface area contributed by atoms with E-state index in [1.807, 2.05) is 54.6 Å². The minimum absolute atomic E-state index is 0.0702. The van der Waals surface area contributed by atoms with Crippen LogP contribution in [0, 0.1) is 0 Å². The number of para-hydroxylation sites is 1. The maximum atomic E-state index is 13.6. The molecule has 8 heteroatoms. The van der Waals surface area contributed by atoms with Crippen molar-refractivity contribution in [2.75, 3.05) is 6.54 Å². The van der Waals surface area contributed by atoms with Gasteiger partial charge in [0.1, 0.15) is 5.58 Å². The summed E-state index contributed by atoms with van der Waals surface area (Å²) in [5.74, 6) is -0.0136. The lowest BCUT2D eigenvalue weighted by Gasteiger charge is -2.22. The van der Waals surface area contributed by atoms with E-state index in [4.69, 9.17) is 10.2 Å². The van der Waals surface area contributed by atoms with Gasteiger partial charge >= 0.3 is 0 Å². The highest BCUT2D eigenvalue weighted by molar-refractivity contribution is 7.98. The number of aromatic nitrogens is 2. The molecule has 2 heterocycles. The molecule has 0 fully saturated rings. The molecule has 0 unspecified atom stereocenters. The molecule has 0 aliphatic carbocycles. The second-order valence-corrected chi connectivity index (χ2v) is 8.10. The van der Waals surface area contributed by atoms with Crippen LogP contribution in [-0.2, 0) is 17.1 Å². The van der Waals surface area contributed by atoms with Crippen LogP contribution in [0.25, 0.3) is 11.0 Å². The minimum atomic E-state index is -0.461. The molecule has 0 saturated heterocycles. The number of carbonyl (C=O) groups is 2. The van der Waals surface area contributed by atoms with Crippen molar-refractivity contribution in [3.63, 3.8) is 0 Å². The van der Waals surface area contributed by atoms with Gasteiger partial charge in [0.2, 0.25) is 5.91 Å². The summed E-state index contributed by atoms with van der Waals surface area (Å²) in [5.41, 5.74) is 7.72. The molecule has 4 rings (SSSR count). The van der Waals surface area contributed by atoms with Crippen molar-refractivity contribution in [2.24, 2.45) is 5.73 Å². The highest BCUT2D eigenvalue weighted by atomic mass is 32.2. The third-order valence-corrected chi connectivity index (χ3v) is 5.81. The van der Waals surface area contributed by atoms with Crippen molar-refractivity contribution < 1.29 is 14.0 Å². The van der Waals surface area contributed by atoms with Gasteiger partial charge in [0.05, 0.1) is 0 Å². The fourth-order valence-corrected chi connectivity index (χ4v) is 4.19. The highest BCUT2D eigenvalue weighted by Crippen LogP contribution is 2.32. The Bertz CT molecular complexity index is 1210. The molecule has 7 nitrogen and oxygen atoms in total. The minimum Gasteiger partial charge on any atom is -0.451 e. The Morgan fingerprint density at radius 1 is 0.969 bits per heavy atom. The Morgan fingerprint density at radius 2 is 1.69 bits per heavy atom. The lowest BCUT2D eigenvalue weighted by atomic mass is 10.1. The molecule has 32 heavy (non-hydrogen) atoms. The molecule has 0 saturated carbocycles. The van der Waals surface area contributed by atoms with Crippen LogP contribution in [0.5, 0.6) is 0 Å². The topological polar surface area (TPSA) is 102 Å². The van der Waals surface area contributed by atoms with Crippen LogP contribution in [-0.4, -0.2) is 33.2 Å². The van der Waals surface area contributed by atoms with Crippen LogP contribution in [0.2, 0.25) is 0 Å². The fraction of sp³-hybridized carbons (Fsp3) is 0.167. The monoisotopic (exact) mass is 446 g/mol. The molecular formula is C24H22N4O3S. The number of fused-ring (bicyclic) bond motifs is 1. The molecule has 2 N–H and O–H groups in total. The quantitative estimate of drug-likeness (QED) is 0.308. The van der Waals surface area contributed by atoms with Gasteiger partial charge in [0, 0.05) is 48.6 Å². The Balaban J connectivity index is 1.66. The average molecular weight is 447 g/mol. The lowest BCUT2D eigenvalue weighted by Crippen LogP contribution is -2.34. The molecule has 2 amide bonds. The van der Waals surface area contributed by atoms with Crippen molar-refractivity contribution >= 4 is 34.5 Å². The van der Waals surface area contributed by atoms with E-state index in [1.165, 1.54) is 11.8 Å². The number of carbonyl (C=O) groups excluding carboxylic acids is 2. The van der Waals surface area contributed by atoms with E-state index in [-0.39, 0.29) is 24.6 Å². The summed E-state index contributed by atoms with van der Waals surface area (Å²) in [6.07, 6.45) is 3.43. The van der Waals surface area contributed by atoms with E-state index < -0.39 is 5.91 Å². The van der Waals surface area contributed by atoms with Crippen molar-refractivity contribution in [3.8, 4) is 0 Å². The predicted octanol–water partition coefficient (Wildman–Crippen LogP) is 4.03. The van der Waals surface area contributed by atoms with Crippen LogP contribution < -0.4 is 5.73 Å². The van der Waals surface area contributed by atoms with E-state index in [9.17, 15) is 9.59 Å². The number of hydrogen-bond acceptors (Lipinski definition) is 6. The van der Waals surface area contributed by atoms with Gasteiger partial charge in [-0.2, -0.15) is 0 Å². The molecule has 2 aromatic carbocycles. The maximum Gasteiger partial charge on any atom is 0.290 e. The summed E-state index contributed by atoms with van der Waals surface area (Å²) < 4.78 is 6.01. The van der Waals surface area contributed by atoms with Crippen molar-refractivity contribution in [3.05, 3.63) is 89.9 Å². The number of amides is 2. The number of hydrogen-bond donors (Lipinski definition) is 1. The van der Waals surface area contributed by atoms with Crippen LogP contribution in [0.4, 0.5) is 0 Å². The van der Waals surface area contributed by atoms with E-state index >= 15 is 0 Å². The number of primary amides is 1. The van der Waals surface area contributed by atoms with Crippen molar-refractivity contribution in [2.45, 2.75) is 23.9 Å². The second kappa shape index (κ2) is 10.1. The van der Waals surface area contributed by atoms with Crippen LogP contribution in [0.3, 0.4) is 0 Å². The summed E-state index contributed by atoms with van der Waals surface area (Å²) in [7, 11) is 0. The number of nitrogens with zero attached hydrogens (tertiary/aromatic N) is 3. The van der Waals surface area contributed by atoms with Crippen LogP contribution in [0.1, 0.15) is 28.1 Å². The van der Waals surface area contributed by atoms with Gasteiger partial charge in [-0.3, -0.25) is 9.59 Å². The zero-order valence-corrected chi connectivity index (χ0v) is 18.1. The van der Waals surface area contributed by atoms with Gasteiger partial charge in [-0.05, 0) is 17.7 Å². The molecule has 0 spiro atoms. The Labute approximate surface area is 189 Å². The summed E-state index contributed by atoms with van der Waals surface area (Å²) in [4.78, 5) is 35.1. The molecular weight excluding hydrogens is 424 g/mol. The zero-order chi connectivity index (χ0) is 22.3. The first-order valence-corrected chi connectivity index (χ1v) is 11.1. The Morgan fingerprint density at radius 3 is 2.44 bits per heavy atom. The number of furan rings is 1. The predicted molar refractivity (Wildman–Crippen MR) is 123 cm³/mol. The Kier molecular flexibility index (Phi) is 6.81. The molecule has 0 atom stereocenters. The number of thioether (sulfide) groups is 1. The second-order valence-electron chi connectivity index (χ2n) is 7.15. The summed E-state index contributed by atoms with van der Waals surface area (Å²) in [6.45, 7) is 0.548. The number of nitrogens with two attached hydrogens (primary N) is 1. The van der Waals surface area contributed by atoms with Gasteiger partial charge in [-0.1, -0.05) is 60.3 Å². The number of rotatable bonds is 9. The van der Waals surface area contributed by atoms with E-state index in [2.05, 4.69) is 9.97 Å². The average Bonchev–Trinajstić information content (AvgIpc) is 3.20. The SMILES string of the molecule is NC(=O)CCN(Cc1ccccc1)C(=O)c1oc2ccccc2c1CSc1ncccn1. The van der Waals surface area contributed by atoms with E-state index in [0.29, 0.717) is 23.0 Å². The summed E-state index contributed by atoms with van der Waals surface area (Å²) >= 11 is 1.43. The van der Waals surface area contributed by atoms with Crippen LogP contribution in [0.15, 0.2) is 82.6 Å². The zero-order valence-electron chi connectivity index (χ0n) is 17.3. The smallest absolute Gasteiger partial charge is 0.290 e. The molecule has 0 bridgehead atoms. The fourth-order valence-electron chi connectivity index (χ4n) is 3.36. The van der Waals surface area contributed by atoms with Crippen molar-refractivity contribution in [1.29, 1.82) is 0 Å². The third-order valence-electron chi connectivity index (χ3n) is 4.91. The lowest BCUT2D eigenvalue weighted by molar-refractivity contribution is -0.118. The van der Waals surface area contributed by atoms with Gasteiger partial charge in [-0.15, -0.1) is 0 Å². The normalized spacial score (nSPS) is 10.9. The van der Waals surface area contributed by atoms with Gasteiger partial charge in [0.25, 0.3) is 5.91 Å². The standard InChI is InChI=1S/C24H22N4O3S/c25-21(29)11-14-28(15-17-7-2-1-3-8-17)23(30)22-19(16-32-24-26-12-6-13-27-24)18-9-4-5-10-20(18)31-22/h1-10,12-13H,11,14-16H2,(H2,25,29). The van der Waals surface area contributed by atoms with Gasteiger partial charge < -0.3 is 15.1 Å².